The molecule has 1 saturated heterocycles. The van der Waals surface area contributed by atoms with E-state index in [1.165, 1.54) is 0 Å². The SMILES string of the molecule is CC(C)(C)CCC(=O)NCC1OC(C(C)(C)C)CC1O. The number of ether oxygens (including phenoxy) is 1. The summed E-state index contributed by atoms with van der Waals surface area (Å²) in [6.45, 7) is 13.1. The van der Waals surface area contributed by atoms with E-state index in [0.717, 1.165) is 6.42 Å². The van der Waals surface area contributed by atoms with Crippen LogP contribution in [0, 0.1) is 10.8 Å². The highest BCUT2D eigenvalue weighted by atomic mass is 16.5. The Morgan fingerprint density at radius 1 is 1.25 bits per heavy atom. The minimum atomic E-state index is -0.484. The van der Waals surface area contributed by atoms with Crippen LogP contribution in [0.2, 0.25) is 0 Å². The molecule has 1 heterocycles. The average molecular weight is 285 g/mol. The van der Waals surface area contributed by atoms with Crippen LogP contribution in [0.1, 0.15) is 60.8 Å². The maximum atomic E-state index is 11.8. The molecule has 0 radical (unpaired) electrons. The lowest BCUT2D eigenvalue weighted by molar-refractivity contribution is -0.122. The molecule has 0 aliphatic carbocycles. The third-order valence-electron chi connectivity index (χ3n) is 3.79. The molecule has 0 aromatic carbocycles. The van der Waals surface area contributed by atoms with Crippen molar-refractivity contribution in [2.24, 2.45) is 10.8 Å². The fraction of sp³-hybridized carbons (Fsp3) is 0.938. The summed E-state index contributed by atoms with van der Waals surface area (Å²) in [4.78, 5) is 11.8. The first kappa shape index (κ1) is 17.4. The number of carbonyl (C=O) groups is 1. The molecule has 0 aromatic rings. The molecular formula is C16H31NO3. The van der Waals surface area contributed by atoms with Gasteiger partial charge in [0.05, 0.1) is 12.2 Å². The van der Waals surface area contributed by atoms with E-state index < -0.39 is 6.10 Å². The second kappa shape index (κ2) is 6.44. The van der Waals surface area contributed by atoms with Crippen LogP contribution in [0.15, 0.2) is 0 Å². The van der Waals surface area contributed by atoms with Crippen LogP contribution < -0.4 is 5.32 Å². The van der Waals surface area contributed by atoms with Crippen LogP contribution >= 0.6 is 0 Å². The van der Waals surface area contributed by atoms with Gasteiger partial charge in [-0.3, -0.25) is 4.79 Å². The van der Waals surface area contributed by atoms with Crippen molar-refractivity contribution in [2.75, 3.05) is 6.54 Å². The van der Waals surface area contributed by atoms with Crippen LogP contribution in [0.25, 0.3) is 0 Å². The minimum absolute atomic E-state index is 0.0198. The zero-order chi connectivity index (χ0) is 15.6. The summed E-state index contributed by atoms with van der Waals surface area (Å²) in [5, 5.41) is 12.9. The van der Waals surface area contributed by atoms with E-state index in [9.17, 15) is 9.90 Å². The van der Waals surface area contributed by atoms with Gasteiger partial charge in [-0.1, -0.05) is 41.5 Å². The predicted octanol–water partition coefficient (Wildman–Crippen LogP) is 2.49. The molecule has 20 heavy (non-hydrogen) atoms. The van der Waals surface area contributed by atoms with Crippen molar-refractivity contribution in [1.82, 2.24) is 5.32 Å². The highest BCUT2D eigenvalue weighted by molar-refractivity contribution is 5.75. The van der Waals surface area contributed by atoms with Gasteiger partial charge in [0.25, 0.3) is 0 Å². The summed E-state index contributed by atoms with van der Waals surface area (Å²) < 4.78 is 5.87. The van der Waals surface area contributed by atoms with Crippen molar-refractivity contribution in [3.63, 3.8) is 0 Å². The first-order chi connectivity index (χ1) is 8.99. The Hall–Kier alpha value is -0.610. The van der Waals surface area contributed by atoms with Gasteiger partial charge >= 0.3 is 0 Å². The normalized spacial score (nSPS) is 27.6. The van der Waals surface area contributed by atoms with Crippen molar-refractivity contribution in [3.05, 3.63) is 0 Å². The van der Waals surface area contributed by atoms with Gasteiger partial charge in [-0.2, -0.15) is 0 Å². The Morgan fingerprint density at radius 3 is 2.30 bits per heavy atom. The predicted molar refractivity (Wildman–Crippen MR) is 80.4 cm³/mol. The molecule has 0 saturated carbocycles. The molecule has 0 bridgehead atoms. The molecule has 0 aromatic heterocycles. The zero-order valence-electron chi connectivity index (χ0n) is 13.8. The number of hydrogen-bond acceptors (Lipinski definition) is 3. The third-order valence-corrected chi connectivity index (χ3v) is 3.79. The summed E-state index contributed by atoms with van der Waals surface area (Å²) in [5.41, 5.74) is 0.185. The number of nitrogens with one attached hydrogen (secondary N) is 1. The molecule has 1 amide bonds. The van der Waals surface area contributed by atoms with Crippen LogP contribution in [0.3, 0.4) is 0 Å². The number of aliphatic hydroxyl groups is 1. The van der Waals surface area contributed by atoms with Crippen molar-refractivity contribution < 1.29 is 14.6 Å². The summed E-state index contributed by atoms with van der Waals surface area (Å²) in [5.74, 6) is 0.0370. The van der Waals surface area contributed by atoms with Crippen molar-refractivity contribution in [3.8, 4) is 0 Å². The molecule has 1 aliphatic rings. The Labute approximate surface area is 123 Å². The largest absolute Gasteiger partial charge is 0.390 e. The molecular weight excluding hydrogens is 254 g/mol. The van der Waals surface area contributed by atoms with E-state index in [1.807, 2.05) is 0 Å². The van der Waals surface area contributed by atoms with E-state index in [0.29, 0.717) is 19.4 Å². The molecule has 4 nitrogen and oxygen atoms in total. The van der Waals surface area contributed by atoms with Gasteiger partial charge < -0.3 is 15.2 Å². The summed E-state index contributed by atoms with van der Waals surface area (Å²) in [7, 11) is 0. The van der Waals surface area contributed by atoms with Crippen molar-refractivity contribution >= 4 is 5.91 Å². The van der Waals surface area contributed by atoms with E-state index in [-0.39, 0.29) is 28.9 Å². The molecule has 0 spiro atoms. The molecule has 118 valence electrons. The van der Waals surface area contributed by atoms with Gasteiger partial charge in [0.1, 0.15) is 6.10 Å². The maximum absolute atomic E-state index is 11.8. The van der Waals surface area contributed by atoms with Crippen LogP contribution in [0.4, 0.5) is 0 Å². The van der Waals surface area contributed by atoms with Crippen LogP contribution in [-0.2, 0) is 9.53 Å². The number of rotatable bonds is 4. The fourth-order valence-corrected chi connectivity index (χ4v) is 2.26. The highest BCUT2D eigenvalue weighted by Crippen LogP contribution is 2.33. The summed E-state index contributed by atoms with van der Waals surface area (Å²) in [6.07, 6.45) is 1.31. The Morgan fingerprint density at radius 2 is 1.85 bits per heavy atom. The lowest BCUT2D eigenvalue weighted by Gasteiger charge is -2.26. The van der Waals surface area contributed by atoms with E-state index in [1.54, 1.807) is 0 Å². The second-order valence-corrected chi connectivity index (χ2v) is 8.20. The Bertz CT molecular complexity index is 328. The lowest BCUT2D eigenvalue weighted by atomic mass is 9.87. The Kier molecular flexibility index (Phi) is 5.61. The van der Waals surface area contributed by atoms with E-state index >= 15 is 0 Å². The average Bonchev–Trinajstić information content (AvgIpc) is 2.64. The monoisotopic (exact) mass is 285 g/mol. The standard InChI is InChI=1S/C16H31NO3/c1-15(2,3)8-7-14(19)17-10-12-11(18)9-13(20-12)16(4,5)6/h11-13,18H,7-10H2,1-6H3,(H,17,19). The molecule has 3 atom stereocenters. The zero-order valence-corrected chi connectivity index (χ0v) is 13.8. The highest BCUT2D eigenvalue weighted by Gasteiger charge is 2.39. The van der Waals surface area contributed by atoms with Crippen LogP contribution in [-0.4, -0.2) is 35.9 Å². The van der Waals surface area contributed by atoms with E-state index in [4.69, 9.17) is 4.74 Å². The summed E-state index contributed by atoms with van der Waals surface area (Å²) >= 11 is 0. The van der Waals surface area contributed by atoms with Gasteiger partial charge in [-0.15, -0.1) is 0 Å². The van der Waals surface area contributed by atoms with Crippen molar-refractivity contribution in [2.45, 2.75) is 79.1 Å². The molecule has 3 unspecified atom stereocenters. The summed E-state index contributed by atoms with van der Waals surface area (Å²) in [6, 6.07) is 0. The molecule has 1 aliphatic heterocycles. The quantitative estimate of drug-likeness (QED) is 0.834. The van der Waals surface area contributed by atoms with Crippen LogP contribution in [0.5, 0.6) is 0 Å². The second-order valence-electron chi connectivity index (χ2n) is 8.20. The fourth-order valence-electron chi connectivity index (χ4n) is 2.26. The minimum Gasteiger partial charge on any atom is -0.390 e. The number of carbonyl (C=O) groups excluding carboxylic acids is 1. The number of aliphatic hydroxyl groups excluding tert-OH is 1. The first-order valence-corrected chi connectivity index (χ1v) is 7.59. The first-order valence-electron chi connectivity index (χ1n) is 7.59. The number of amides is 1. The van der Waals surface area contributed by atoms with E-state index in [2.05, 4.69) is 46.9 Å². The van der Waals surface area contributed by atoms with Crippen molar-refractivity contribution in [1.29, 1.82) is 0 Å². The molecule has 2 N–H and O–H groups in total. The maximum Gasteiger partial charge on any atom is 0.220 e. The third kappa shape index (κ3) is 5.80. The number of hydrogen-bond donors (Lipinski definition) is 2. The van der Waals surface area contributed by atoms with Gasteiger partial charge in [0.15, 0.2) is 0 Å². The smallest absolute Gasteiger partial charge is 0.220 e. The topological polar surface area (TPSA) is 58.6 Å². The van der Waals surface area contributed by atoms with Gasteiger partial charge in [-0.05, 0) is 17.3 Å². The van der Waals surface area contributed by atoms with Gasteiger partial charge in [-0.25, -0.2) is 0 Å². The van der Waals surface area contributed by atoms with Gasteiger partial charge in [0.2, 0.25) is 5.91 Å². The Balaban J connectivity index is 2.34. The molecule has 4 heteroatoms. The molecule has 1 rings (SSSR count). The molecule has 1 fully saturated rings. The lowest BCUT2D eigenvalue weighted by Crippen LogP contribution is -2.37. The van der Waals surface area contributed by atoms with Gasteiger partial charge in [0, 0.05) is 19.4 Å².